The highest BCUT2D eigenvalue weighted by Crippen LogP contribution is 2.17. The van der Waals surface area contributed by atoms with Crippen molar-refractivity contribution < 1.29 is 18.3 Å². The lowest BCUT2D eigenvalue weighted by Crippen LogP contribution is -2.51. The lowest BCUT2D eigenvalue weighted by molar-refractivity contribution is -0.137. The van der Waals surface area contributed by atoms with Gasteiger partial charge in [-0.3, -0.25) is 4.79 Å². The molecule has 1 aliphatic rings. The Morgan fingerprint density at radius 3 is 2.33 bits per heavy atom. The zero-order chi connectivity index (χ0) is 13.8. The second kappa shape index (κ2) is 5.99. The van der Waals surface area contributed by atoms with Crippen molar-refractivity contribution in [1.29, 1.82) is 0 Å². The molecule has 0 saturated carbocycles. The van der Waals surface area contributed by atoms with Gasteiger partial charge in [0.05, 0.1) is 0 Å². The first-order valence-corrected chi connectivity index (χ1v) is 7.68. The number of hydrogen-bond donors (Lipinski definition) is 2. The van der Waals surface area contributed by atoms with E-state index in [1.54, 1.807) is 13.8 Å². The van der Waals surface area contributed by atoms with Gasteiger partial charge in [0.25, 0.3) is 10.2 Å². The third kappa shape index (κ3) is 4.91. The quantitative estimate of drug-likeness (QED) is 0.757. The average Bonchev–Trinajstić information content (AvgIpc) is 2.26. The molecule has 6 nitrogen and oxygen atoms in total. The van der Waals surface area contributed by atoms with Crippen LogP contribution in [0.25, 0.3) is 0 Å². The van der Waals surface area contributed by atoms with E-state index < -0.39 is 21.7 Å². The summed E-state index contributed by atoms with van der Waals surface area (Å²) in [7, 11) is -3.50. The van der Waals surface area contributed by atoms with Gasteiger partial charge >= 0.3 is 5.97 Å². The Hall–Kier alpha value is -0.660. The average molecular weight is 278 g/mol. The van der Waals surface area contributed by atoms with Crippen LogP contribution in [-0.4, -0.2) is 42.4 Å². The summed E-state index contributed by atoms with van der Waals surface area (Å²) in [4.78, 5) is 10.5. The van der Waals surface area contributed by atoms with E-state index in [2.05, 4.69) is 4.72 Å². The highest BCUT2D eigenvalue weighted by molar-refractivity contribution is 7.87. The fourth-order valence-corrected chi connectivity index (χ4v) is 3.66. The van der Waals surface area contributed by atoms with Crippen molar-refractivity contribution in [2.75, 3.05) is 13.1 Å². The van der Waals surface area contributed by atoms with Crippen LogP contribution in [0.15, 0.2) is 0 Å². The maximum atomic E-state index is 12.1. The number of carboxylic acids is 1. The maximum absolute atomic E-state index is 12.1. The molecule has 1 fully saturated rings. The Bertz CT molecular complexity index is 386. The molecule has 0 atom stereocenters. The largest absolute Gasteiger partial charge is 0.481 e. The van der Waals surface area contributed by atoms with E-state index in [9.17, 15) is 13.2 Å². The molecule has 2 N–H and O–H groups in total. The third-order valence-corrected chi connectivity index (χ3v) is 4.88. The summed E-state index contributed by atoms with van der Waals surface area (Å²) in [5.74, 6) is -0.916. The molecular weight excluding hydrogens is 256 g/mol. The SMILES string of the molecule is CC(C)(CCC(=O)O)NS(=O)(=O)N1CCCCC1. The molecule has 0 aliphatic carbocycles. The molecule has 18 heavy (non-hydrogen) atoms. The van der Waals surface area contributed by atoms with Crippen molar-refractivity contribution in [2.45, 2.75) is 51.5 Å². The number of carbonyl (C=O) groups is 1. The number of rotatable bonds is 6. The van der Waals surface area contributed by atoms with Crippen molar-refractivity contribution >= 4 is 16.2 Å². The smallest absolute Gasteiger partial charge is 0.303 e. The standard InChI is InChI=1S/C11H22N2O4S/c1-11(2,7-6-10(14)15)12-18(16,17)13-8-4-3-5-9-13/h12H,3-9H2,1-2H3,(H,14,15). The molecule has 0 aromatic carbocycles. The number of piperidine rings is 1. The second-order valence-electron chi connectivity index (χ2n) is 5.34. The number of nitrogens with zero attached hydrogens (tertiary/aromatic N) is 1. The molecule has 0 amide bonds. The van der Waals surface area contributed by atoms with Crippen molar-refractivity contribution in [3.63, 3.8) is 0 Å². The Balaban J connectivity index is 2.60. The summed E-state index contributed by atoms with van der Waals surface area (Å²) in [5, 5.41) is 8.64. The van der Waals surface area contributed by atoms with E-state index in [4.69, 9.17) is 5.11 Å². The van der Waals surface area contributed by atoms with E-state index in [0.717, 1.165) is 19.3 Å². The molecule has 0 unspecified atom stereocenters. The van der Waals surface area contributed by atoms with Crippen LogP contribution in [-0.2, 0) is 15.0 Å². The van der Waals surface area contributed by atoms with E-state index in [1.807, 2.05) is 0 Å². The first-order chi connectivity index (χ1) is 8.23. The van der Waals surface area contributed by atoms with E-state index >= 15 is 0 Å². The number of hydrogen-bond acceptors (Lipinski definition) is 3. The van der Waals surface area contributed by atoms with Crippen LogP contribution >= 0.6 is 0 Å². The predicted octanol–water partition coefficient (Wildman–Crippen LogP) is 0.950. The molecule has 1 aliphatic heterocycles. The molecule has 1 heterocycles. The van der Waals surface area contributed by atoms with Gasteiger partial charge in [-0.15, -0.1) is 0 Å². The van der Waals surface area contributed by atoms with Crippen LogP contribution in [0.1, 0.15) is 46.0 Å². The van der Waals surface area contributed by atoms with Crippen LogP contribution in [0, 0.1) is 0 Å². The van der Waals surface area contributed by atoms with Gasteiger partial charge in [-0.05, 0) is 33.1 Å². The second-order valence-corrected chi connectivity index (χ2v) is 7.02. The highest BCUT2D eigenvalue weighted by Gasteiger charge is 2.30. The lowest BCUT2D eigenvalue weighted by atomic mass is 10.0. The molecule has 1 rings (SSSR count). The zero-order valence-electron chi connectivity index (χ0n) is 11.0. The Morgan fingerprint density at radius 2 is 1.83 bits per heavy atom. The predicted molar refractivity (Wildman–Crippen MR) is 68.4 cm³/mol. The summed E-state index contributed by atoms with van der Waals surface area (Å²) >= 11 is 0. The molecule has 0 radical (unpaired) electrons. The molecular formula is C11H22N2O4S. The number of nitrogens with one attached hydrogen (secondary N) is 1. The van der Waals surface area contributed by atoms with Gasteiger partial charge in [0.2, 0.25) is 0 Å². The first kappa shape index (κ1) is 15.4. The zero-order valence-corrected chi connectivity index (χ0v) is 11.8. The van der Waals surface area contributed by atoms with E-state index in [0.29, 0.717) is 13.1 Å². The first-order valence-electron chi connectivity index (χ1n) is 6.24. The van der Waals surface area contributed by atoms with Gasteiger partial charge in [0, 0.05) is 25.0 Å². The van der Waals surface area contributed by atoms with E-state index in [1.165, 1.54) is 4.31 Å². The minimum atomic E-state index is -3.50. The Kier molecular flexibility index (Phi) is 5.12. The normalized spacial score (nSPS) is 18.8. The Labute approximate surface area is 109 Å². The molecule has 106 valence electrons. The van der Waals surface area contributed by atoms with Crippen LogP contribution in [0.3, 0.4) is 0 Å². The minimum absolute atomic E-state index is 0.0461. The lowest BCUT2D eigenvalue weighted by Gasteiger charge is -2.32. The van der Waals surface area contributed by atoms with Gasteiger partial charge in [0.15, 0.2) is 0 Å². The highest BCUT2D eigenvalue weighted by atomic mass is 32.2. The molecule has 1 saturated heterocycles. The molecule has 0 bridgehead atoms. The van der Waals surface area contributed by atoms with Crippen molar-refractivity contribution in [3.05, 3.63) is 0 Å². The van der Waals surface area contributed by atoms with Crippen molar-refractivity contribution in [2.24, 2.45) is 0 Å². The number of aliphatic carboxylic acids is 1. The van der Waals surface area contributed by atoms with Crippen molar-refractivity contribution in [1.82, 2.24) is 9.03 Å². The van der Waals surface area contributed by atoms with Gasteiger partial charge in [-0.25, -0.2) is 0 Å². The van der Waals surface area contributed by atoms with Gasteiger partial charge in [-0.2, -0.15) is 17.4 Å². The minimum Gasteiger partial charge on any atom is -0.481 e. The van der Waals surface area contributed by atoms with Crippen LogP contribution in [0.4, 0.5) is 0 Å². The van der Waals surface area contributed by atoms with E-state index in [-0.39, 0.29) is 12.8 Å². The van der Waals surface area contributed by atoms with Crippen molar-refractivity contribution in [3.8, 4) is 0 Å². The van der Waals surface area contributed by atoms with Crippen LogP contribution in [0.5, 0.6) is 0 Å². The molecule has 7 heteroatoms. The number of carboxylic acid groups (broad SMARTS) is 1. The Morgan fingerprint density at radius 1 is 1.28 bits per heavy atom. The monoisotopic (exact) mass is 278 g/mol. The summed E-state index contributed by atoms with van der Waals surface area (Å²) in [6, 6.07) is 0. The summed E-state index contributed by atoms with van der Waals surface area (Å²) in [6.45, 7) is 4.50. The van der Waals surface area contributed by atoms with Gasteiger partial charge < -0.3 is 5.11 Å². The fourth-order valence-electron chi connectivity index (χ4n) is 1.99. The van der Waals surface area contributed by atoms with Crippen LogP contribution < -0.4 is 4.72 Å². The third-order valence-electron chi connectivity index (χ3n) is 3.02. The van der Waals surface area contributed by atoms with Crippen LogP contribution in [0.2, 0.25) is 0 Å². The molecule has 0 aromatic rings. The maximum Gasteiger partial charge on any atom is 0.303 e. The van der Waals surface area contributed by atoms with Gasteiger partial charge in [-0.1, -0.05) is 6.42 Å². The molecule has 0 spiro atoms. The summed E-state index contributed by atoms with van der Waals surface area (Å²) in [6.07, 6.45) is 3.06. The molecule has 0 aromatic heterocycles. The van der Waals surface area contributed by atoms with Gasteiger partial charge in [0.1, 0.15) is 0 Å². The topological polar surface area (TPSA) is 86.7 Å². The summed E-state index contributed by atoms with van der Waals surface area (Å²) in [5.41, 5.74) is -0.741. The fraction of sp³-hybridized carbons (Fsp3) is 0.909. The summed E-state index contributed by atoms with van der Waals surface area (Å²) < 4.78 is 28.3.